The van der Waals surface area contributed by atoms with Crippen LogP contribution in [0, 0.1) is 0 Å². The number of piperazine rings is 1. The van der Waals surface area contributed by atoms with E-state index in [0.29, 0.717) is 42.6 Å². The van der Waals surface area contributed by atoms with E-state index >= 15 is 0 Å². The number of rotatable bonds is 3. The third-order valence-electron chi connectivity index (χ3n) is 5.20. The minimum absolute atomic E-state index is 0.0343. The molecule has 8 heteroatoms. The number of amides is 2. The van der Waals surface area contributed by atoms with Crippen molar-refractivity contribution in [3.63, 3.8) is 0 Å². The molecule has 2 aromatic heterocycles. The zero-order valence-corrected chi connectivity index (χ0v) is 17.1. The molecule has 0 spiro atoms. The van der Waals surface area contributed by atoms with Gasteiger partial charge in [0, 0.05) is 51.4 Å². The largest absolute Gasteiger partial charge is 0.349 e. The Labute approximate surface area is 174 Å². The lowest BCUT2D eigenvalue weighted by Gasteiger charge is -2.34. The fraction of sp³-hybridized carbons (Fsp3) is 0.286. The summed E-state index contributed by atoms with van der Waals surface area (Å²) in [6.45, 7) is 3.63. The van der Waals surface area contributed by atoms with Gasteiger partial charge in [-0.2, -0.15) is 5.10 Å². The summed E-state index contributed by atoms with van der Waals surface area (Å²) in [4.78, 5) is 28.4. The fourth-order valence-corrected chi connectivity index (χ4v) is 3.76. The highest BCUT2D eigenvalue weighted by atomic mass is 35.5. The van der Waals surface area contributed by atoms with Gasteiger partial charge in [-0.3, -0.25) is 9.59 Å². The van der Waals surface area contributed by atoms with Crippen LogP contribution in [0.25, 0.3) is 17.1 Å². The molecule has 150 valence electrons. The number of benzene rings is 1. The van der Waals surface area contributed by atoms with Gasteiger partial charge in [0.25, 0.3) is 5.91 Å². The van der Waals surface area contributed by atoms with Crippen LogP contribution in [0.1, 0.15) is 17.4 Å². The standard InChI is InChI=1S/C21H22ClN5O2/c1-15(28)25-9-11-26(12-10-25)21(29)20-14-18(19-7-4-8-24(19)2)23-27(20)17-6-3-5-16(22)13-17/h3-8,13-14H,9-12H2,1-2H3. The van der Waals surface area contributed by atoms with Crippen molar-refractivity contribution in [2.45, 2.75) is 6.92 Å². The Morgan fingerprint density at radius 3 is 2.34 bits per heavy atom. The van der Waals surface area contributed by atoms with Gasteiger partial charge in [0.2, 0.25) is 5.91 Å². The van der Waals surface area contributed by atoms with Crippen molar-refractivity contribution in [3.05, 3.63) is 59.4 Å². The second-order valence-corrected chi connectivity index (χ2v) is 7.55. The summed E-state index contributed by atoms with van der Waals surface area (Å²) >= 11 is 6.17. The minimum atomic E-state index is -0.110. The Balaban J connectivity index is 1.71. The third-order valence-corrected chi connectivity index (χ3v) is 5.43. The normalized spacial score (nSPS) is 14.3. The molecule has 0 N–H and O–H groups in total. The molecule has 0 atom stereocenters. The van der Waals surface area contributed by atoms with Crippen LogP contribution in [0.5, 0.6) is 0 Å². The third kappa shape index (κ3) is 3.78. The van der Waals surface area contributed by atoms with E-state index in [1.807, 2.05) is 48.1 Å². The number of hydrogen-bond acceptors (Lipinski definition) is 3. The SMILES string of the molecule is CC(=O)N1CCN(C(=O)c2cc(-c3cccn3C)nn2-c2cccc(Cl)c2)CC1. The van der Waals surface area contributed by atoms with Crippen LogP contribution < -0.4 is 0 Å². The number of nitrogens with zero attached hydrogens (tertiary/aromatic N) is 5. The maximum atomic E-state index is 13.3. The van der Waals surface area contributed by atoms with Crippen molar-refractivity contribution in [3.8, 4) is 17.1 Å². The molecule has 1 aromatic carbocycles. The number of carbonyl (C=O) groups excluding carboxylic acids is 2. The molecule has 4 rings (SSSR count). The van der Waals surface area contributed by atoms with E-state index in [4.69, 9.17) is 16.7 Å². The van der Waals surface area contributed by atoms with Crippen LogP contribution in [0.15, 0.2) is 48.7 Å². The van der Waals surface area contributed by atoms with Gasteiger partial charge >= 0.3 is 0 Å². The molecule has 1 aliphatic rings. The van der Waals surface area contributed by atoms with Crippen LogP contribution in [-0.2, 0) is 11.8 Å². The molecule has 1 saturated heterocycles. The summed E-state index contributed by atoms with van der Waals surface area (Å²) in [6, 6.07) is 13.0. The van der Waals surface area contributed by atoms with Gasteiger partial charge in [-0.25, -0.2) is 4.68 Å². The second-order valence-electron chi connectivity index (χ2n) is 7.11. The Morgan fingerprint density at radius 1 is 1.00 bits per heavy atom. The van der Waals surface area contributed by atoms with Crippen molar-refractivity contribution in [1.82, 2.24) is 24.1 Å². The first-order chi connectivity index (χ1) is 13.9. The summed E-state index contributed by atoms with van der Waals surface area (Å²) in [5.41, 5.74) is 2.83. The molecule has 1 fully saturated rings. The average molecular weight is 412 g/mol. The van der Waals surface area contributed by atoms with Gasteiger partial charge in [0.1, 0.15) is 11.4 Å². The molecule has 1 aliphatic heterocycles. The molecule has 0 saturated carbocycles. The molecular weight excluding hydrogens is 390 g/mol. The Morgan fingerprint density at radius 2 is 1.72 bits per heavy atom. The molecule has 0 aliphatic carbocycles. The average Bonchev–Trinajstić information content (AvgIpc) is 3.33. The predicted octanol–water partition coefficient (Wildman–Crippen LogP) is 2.84. The smallest absolute Gasteiger partial charge is 0.272 e. The van der Waals surface area contributed by atoms with Gasteiger partial charge in [-0.15, -0.1) is 0 Å². The molecular formula is C21H22ClN5O2. The van der Waals surface area contributed by atoms with Gasteiger partial charge in [-0.05, 0) is 36.4 Å². The number of aryl methyl sites for hydroxylation is 1. The summed E-state index contributed by atoms with van der Waals surface area (Å²) in [7, 11) is 1.94. The van der Waals surface area contributed by atoms with Crippen LogP contribution in [-0.4, -0.2) is 62.1 Å². The van der Waals surface area contributed by atoms with E-state index in [1.165, 1.54) is 0 Å². The van der Waals surface area contributed by atoms with E-state index in [2.05, 4.69) is 0 Å². The lowest BCUT2D eigenvalue weighted by molar-refractivity contribution is -0.130. The Bertz CT molecular complexity index is 1060. The molecule has 29 heavy (non-hydrogen) atoms. The molecule has 7 nitrogen and oxygen atoms in total. The molecule has 2 amide bonds. The minimum Gasteiger partial charge on any atom is -0.349 e. The molecule has 3 heterocycles. The van der Waals surface area contributed by atoms with E-state index in [-0.39, 0.29) is 11.8 Å². The Kier molecular flexibility index (Phi) is 5.15. The van der Waals surface area contributed by atoms with E-state index in [1.54, 1.807) is 33.5 Å². The van der Waals surface area contributed by atoms with Gasteiger partial charge < -0.3 is 14.4 Å². The highest BCUT2D eigenvalue weighted by Gasteiger charge is 2.27. The highest BCUT2D eigenvalue weighted by molar-refractivity contribution is 6.30. The predicted molar refractivity (Wildman–Crippen MR) is 111 cm³/mol. The zero-order valence-electron chi connectivity index (χ0n) is 16.4. The lowest BCUT2D eigenvalue weighted by atomic mass is 10.2. The first-order valence-electron chi connectivity index (χ1n) is 9.46. The maximum absolute atomic E-state index is 13.3. The maximum Gasteiger partial charge on any atom is 0.272 e. The first kappa shape index (κ1) is 19.3. The van der Waals surface area contributed by atoms with Gasteiger partial charge in [0.05, 0.1) is 11.4 Å². The van der Waals surface area contributed by atoms with Crippen LogP contribution in [0.4, 0.5) is 0 Å². The van der Waals surface area contributed by atoms with Crippen LogP contribution in [0.2, 0.25) is 5.02 Å². The fourth-order valence-electron chi connectivity index (χ4n) is 3.58. The summed E-state index contributed by atoms with van der Waals surface area (Å²) in [6.07, 6.45) is 1.94. The van der Waals surface area contributed by atoms with Crippen molar-refractivity contribution in [1.29, 1.82) is 0 Å². The van der Waals surface area contributed by atoms with Crippen LogP contribution in [0.3, 0.4) is 0 Å². The van der Waals surface area contributed by atoms with E-state index in [0.717, 1.165) is 11.4 Å². The first-order valence-corrected chi connectivity index (χ1v) is 9.84. The van der Waals surface area contributed by atoms with Gasteiger partial charge in [0.15, 0.2) is 0 Å². The zero-order chi connectivity index (χ0) is 20.5. The van der Waals surface area contributed by atoms with Crippen molar-refractivity contribution in [2.75, 3.05) is 26.2 Å². The van der Waals surface area contributed by atoms with Crippen molar-refractivity contribution >= 4 is 23.4 Å². The van der Waals surface area contributed by atoms with Crippen molar-refractivity contribution in [2.24, 2.45) is 7.05 Å². The van der Waals surface area contributed by atoms with Crippen LogP contribution >= 0.6 is 11.6 Å². The van der Waals surface area contributed by atoms with Gasteiger partial charge in [-0.1, -0.05) is 17.7 Å². The highest BCUT2D eigenvalue weighted by Crippen LogP contribution is 2.24. The summed E-state index contributed by atoms with van der Waals surface area (Å²) < 4.78 is 3.61. The molecule has 0 bridgehead atoms. The lowest BCUT2D eigenvalue weighted by Crippen LogP contribution is -2.50. The number of aromatic nitrogens is 3. The monoisotopic (exact) mass is 411 g/mol. The quantitative estimate of drug-likeness (QED) is 0.665. The second kappa shape index (κ2) is 7.75. The van der Waals surface area contributed by atoms with E-state index < -0.39 is 0 Å². The summed E-state index contributed by atoms with van der Waals surface area (Å²) in [5.74, 6) is -0.0757. The topological polar surface area (TPSA) is 63.4 Å². The number of carbonyl (C=O) groups is 2. The Hall–Kier alpha value is -3.06. The summed E-state index contributed by atoms with van der Waals surface area (Å²) in [5, 5.41) is 5.28. The van der Waals surface area contributed by atoms with E-state index in [9.17, 15) is 9.59 Å². The number of hydrogen-bond donors (Lipinski definition) is 0. The number of halogens is 1. The molecule has 3 aromatic rings. The van der Waals surface area contributed by atoms with Crippen molar-refractivity contribution < 1.29 is 9.59 Å². The molecule has 0 unspecified atom stereocenters. The molecule has 0 radical (unpaired) electrons.